The van der Waals surface area contributed by atoms with Gasteiger partial charge in [-0.25, -0.2) is 4.39 Å². The molecule has 0 radical (unpaired) electrons. The molecule has 0 saturated carbocycles. The fourth-order valence-electron chi connectivity index (χ4n) is 2.47. The Morgan fingerprint density at radius 3 is 2.55 bits per heavy atom. The molecular formula is C17H25FN2O2. The van der Waals surface area contributed by atoms with Crippen LogP contribution in [0.4, 0.5) is 10.1 Å². The lowest BCUT2D eigenvalue weighted by molar-refractivity contribution is -0.128. The van der Waals surface area contributed by atoms with Gasteiger partial charge >= 0.3 is 0 Å². The molecule has 1 aliphatic heterocycles. The largest absolute Gasteiger partial charge is 0.393 e. The molecule has 1 aromatic rings. The number of carbonyl (C=O) groups is 1. The van der Waals surface area contributed by atoms with Gasteiger partial charge in [-0.05, 0) is 30.5 Å². The van der Waals surface area contributed by atoms with E-state index in [0.717, 1.165) is 5.56 Å². The van der Waals surface area contributed by atoms with Gasteiger partial charge in [0.1, 0.15) is 5.82 Å². The first-order valence-electron chi connectivity index (χ1n) is 7.77. The minimum absolute atomic E-state index is 0.0537. The van der Waals surface area contributed by atoms with E-state index in [9.17, 15) is 14.3 Å². The highest BCUT2D eigenvalue weighted by molar-refractivity contribution is 5.81. The fraction of sp³-hybridized carbons (Fsp3) is 0.588. The van der Waals surface area contributed by atoms with Crippen molar-refractivity contribution in [2.75, 3.05) is 18.0 Å². The average Bonchev–Trinajstić information content (AvgIpc) is 2.45. The summed E-state index contributed by atoms with van der Waals surface area (Å²) in [7, 11) is 0. The van der Waals surface area contributed by atoms with Crippen LogP contribution in [0.3, 0.4) is 0 Å². The van der Waals surface area contributed by atoms with Crippen molar-refractivity contribution in [2.24, 2.45) is 5.41 Å². The summed E-state index contributed by atoms with van der Waals surface area (Å²) in [5, 5.41) is 12.3. The Bertz CT molecular complexity index is 532. The molecule has 1 heterocycles. The Morgan fingerprint density at radius 2 is 2.00 bits per heavy atom. The molecule has 2 rings (SSSR count). The first kappa shape index (κ1) is 16.7. The number of amides is 1. The number of halogens is 1. The molecule has 0 spiro atoms. The first-order chi connectivity index (χ1) is 10.3. The van der Waals surface area contributed by atoms with Crippen LogP contribution in [-0.2, 0) is 11.3 Å². The summed E-state index contributed by atoms with van der Waals surface area (Å²) in [5.41, 5.74) is 0.862. The van der Waals surface area contributed by atoms with E-state index >= 15 is 0 Å². The number of anilines is 1. The van der Waals surface area contributed by atoms with Gasteiger partial charge in [0.2, 0.25) is 5.91 Å². The van der Waals surface area contributed by atoms with E-state index in [1.54, 1.807) is 6.07 Å². The standard InChI is InChI=1S/C17H25FN2O2/c1-17(2,3)16(22)19-11-12-4-5-15(14(18)10-12)20-8-6-13(21)7-9-20/h4-5,10,13,21H,6-9,11H2,1-3H3,(H,19,22). The van der Waals surface area contributed by atoms with Crippen molar-refractivity contribution < 1.29 is 14.3 Å². The summed E-state index contributed by atoms with van der Waals surface area (Å²) in [6.07, 6.45) is 1.07. The zero-order chi connectivity index (χ0) is 16.3. The lowest BCUT2D eigenvalue weighted by atomic mass is 9.95. The second kappa shape index (κ2) is 6.65. The highest BCUT2D eigenvalue weighted by Crippen LogP contribution is 2.24. The van der Waals surface area contributed by atoms with Gasteiger partial charge in [0, 0.05) is 25.0 Å². The SMILES string of the molecule is CC(C)(C)C(=O)NCc1ccc(N2CCC(O)CC2)c(F)c1. The van der Waals surface area contributed by atoms with Crippen molar-refractivity contribution in [1.29, 1.82) is 0 Å². The van der Waals surface area contributed by atoms with Crippen molar-refractivity contribution in [3.8, 4) is 0 Å². The van der Waals surface area contributed by atoms with E-state index in [0.29, 0.717) is 38.2 Å². The van der Waals surface area contributed by atoms with Crippen molar-refractivity contribution in [2.45, 2.75) is 46.3 Å². The van der Waals surface area contributed by atoms with Crippen LogP contribution in [0.1, 0.15) is 39.2 Å². The van der Waals surface area contributed by atoms with Gasteiger partial charge in [0.15, 0.2) is 0 Å². The molecule has 1 saturated heterocycles. The van der Waals surface area contributed by atoms with E-state index in [-0.39, 0.29) is 17.8 Å². The number of piperidine rings is 1. The number of hydrogen-bond donors (Lipinski definition) is 2. The maximum atomic E-state index is 14.3. The minimum Gasteiger partial charge on any atom is -0.393 e. The number of nitrogens with zero attached hydrogens (tertiary/aromatic N) is 1. The second-order valence-electron chi connectivity index (χ2n) is 6.94. The normalized spacial score (nSPS) is 16.7. The molecule has 1 aromatic carbocycles. The summed E-state index contributed by atoms with van der Waals surface area (Å²) >= 11 is 0. The molecule has 2 N–H and O–H groups in total. The van der Waals surface area contributed by atoms with E-state index < -0.39 is 5.41 Å². The van der Waals surface area contributed by atoms with E-state index in [1.165, 1.54) is 6.07 Å². The minimum atomic E-state index is -0.451. The molecule has 0 atom stereocenters. The molecule has 4 nitrogen and oxygen atoms in total. The average molecular weight is 308 g/mol. The Kier molecular flexibility index (Phi) is 5.06. The lowest BCUT2D eigenvalue weighted by Crippen LogP contribution is -2.36. The van der Waals surface area contributed by atoms with Crippen LogP contribution >= 0.6 is 0 Å². The predicted octanol–water partition coefficient (Wildman–Crippen LogP) is 2.45. The molecule has 0 unspecified atom stereocenters. The third-order valence-electron chi connectivity index (χ3n) is 3.95. The van der Waals surface area contributed by atoms with Crippen LogP contribution in [0, 0.1) is 11.2 Å². The van der Waals surface area contributed by atoms with E-state index in [1.807, 2.05) is 31.7 Å². The maximum Gasteiger partial charge on any atom is 0.225 e. The highest BCUT2D eigenvalue weighted by atomic mass is 19.1. The third kappa shape index (κ3) is 4.19. The van der Waals surface area contributed by atoms with Crippen LogP contribution in [0.15, 0.2) is 18.2 Å². The molecular weight excluding hydrogens is 283 g/mol. The molecule has 0 aromatic heterocycles. The summed E-state index contributed by atoms with van der Waals surface area (Å²) in [4.78, 5) is 13.8. The summed E-state index contributed by atoms with van der Waals surface area (Å²) < 4.78 is 14.3. The van der Waals surface area contributed by atoms with Crippen molar-refractivity contribution in [3.63, 3.8) is 0 Å². The fourth-order valence-corrected chi connectivity index (χ4v) is 2.47. The van der Waals surface area contributed by atoms with Crippen molar-refractivity contribution in [3.05, 3.63) is 29.6 Å². The van der Waals surface area contributed by atoms with Crippen LogP contribution in [0.5, 0.6) is 0 Å². The Hall–Kier alpha value is -1.62. The molecule has 22 heavy (non-hydrogen) atoms. The topological polar surface area (TPSA) is 52.6 Å². The van der Waals surface area contributed by atoms with Gasteiger partial charge in [-0.15, -0.1) is 0 Å². The number of benzene rings is 1. The zero-order valence-electron chi connectivity index (χ0n) is 13.5. The summed E-state index contributed by atoms with van der Waals surface area (Å²) in [6.45, 7) is 7.19. The molecule has 122 valence electrons. The van der Waals surface area contributed by atoms with Gasteiger partial charge in [0.05, 0.1) is 11.8 Å². The molecule has 0 aliphatic carbocycles. The van der Waals surface area contributed by atoms with Crippen molar-refractivity contribution >= 4 is 11.6 Å². The smallest absolute Gasteiger partial charge is 0.225 e. The molecule has 0 bridgehead atoms. The van der Waals surface area contributed by atoms with E-state index in [4.69, 9.17) is 0 Å². The Labute approximate surface area is 131 Å². The second-order valence-corrected chi connectivity index (χ2v) is 6.94. The number of hydrogen-bond acceptors (Lipinski definition) is 3. The maximum absolute atomic E-state index is 14.3. The third-order valence-corrected chi connectivity index (χ3v) is 3.95. The van der Waals surface area contributed by atoms with Crippen LogP contribution in [0.2, 0.25) is 0 Å². The molecule has 1 aliphatic rings. The van der Waals surface area contributed by atoms with Crippen LogP contribution in [-0.4, -0.2) is 30.2 Å². The molecule has 1 fully saturated rings. The van der Waals surface area contributed by atoms with Gasteiger partial charge < -0.3 is 15.3 Å². The molecule has 5 heteroatoms. The number of aliphatic hydroxyl groups excluding tert-OH is 1. The zero-order valence-corrected chi connectivity index (χ0v) is 13.5. The number of nitrogens with one attached hydrogen (secondary N) is 1. The quantitative estimate of drug-likeness (QED) is 0.902. The van der Waals surface area contributed by atoms with Crippen molar-refractivity contribution in [1.82, 2.24) is 5.32 Å². The summed E-state index contributed by atoms with van der Waals surface area (Å²) in [6, 6.07) is 5.07. The van der Waals surface area contributed by atoms with Gasteiger partial charge in [0.25, 0.3) is 0 Å². The van der Waals surface area contributed by atoms with Crippen LogP contribution < -0.4 is 10.2 Å². The Morgan fingerprint density at radius 1 is 1.36 bits per heavy atom. The predicted molar refractivity (Wildman–Crippen MR) is 85.2 cm³/mol. The van der Waals surface area contributed by atoms with Gasteiger partial charge in [-0.2, -0.15) is 0 Å². The monoisotopic (exact) mass is 308 g/mol. The van der Waals surface area contributed by atoms with E-state index in [2.05, 4.69) is 5.32 Å². The molecule has 1 amide bonds. The van der Waals surface area contributed by atoms with Gasteiger partial charge in [-0.3, -0.25) is 4.79 Å². The first-order valence-corrected chi connectivity index (χ1v) is 7.77. The lowest BCUT2D eigenvalue weighted by Gasteiger charge is -2.31. The highest BCUT2D eigenvalue weighted by Gasteiger charge is 2.22. The Balaban J connectivity index is 1.99. The number of aliphatic hydroxyl groups is 1. The van der Waals surface area contributed by atoms with Gasteiger partial charge in [-0.1, -0.05) is 26.8 Å². The van der Waals surface area contributed by atoms with Crippen LogP contribution in [0.25, 0.3) is 0 Å². The summed E-state index contributed by atoms with van der Waals surface area (Å²) in [5.74, 6) is -0.332. The number of rotatable bonds is 3. The number of carbonyl (C=O) groups excluding carboxylic acids is 1.